The number of fused-ring (bicyclic) bond motifs is 2. The van der Waals surface area contributed by atoms with E-state index in [1.54, 1.807) is 36.4 Å². The Bertz CT molecular complexity index is 934. The summed E-state index contributed by atoms with van der Waals surface area (Å²) in [5.41, 5.74) is 1.11. The molecule has 4 rings (SSSR count). The molecule has 26 heavy (non-hydrogen) atoms. The highest BCUT2D eigenvalue weighted by atomic mass is 32.2. The molecule has 2 aliphatic rings. The molecule has 4 heteroatoms. The Labute approximate surface area is 154 Å². The number of allylic oxidation sites excluding steroid dienone is 1. The molecule has 0 heterocycles. The maximum Gasteiger partial charge on any atom is 0.191 e. The number of rotatable bonds is 4. The molecular formula is C22H22O3S. The lowest BCUT2D eigenvalue weighted by Gasteiger charge is -2.38. The summed E-state index contributed by atoms with van der Waals surface area (Å²) in [7, 11) is -3.80. The van der Waals surface area contributed by atoms with Crippen molar-refractivity contribution in [3.05, 3.63) is 78.9 Å². The summed E-state index contributed by atoms with van der Waals surface area (Å²) in [6.07, 6.45) is 3.32. The highest BCUT2D eigenvalue weighted by molar-refractivity contribution is 7.93. The summed E-state index contributed by atoms with van der Waals surface area (Å²) in [4.78, 5) is 13.5. The molecule has 2 aromatic rings. The van der Waals surface area contributed by atoms with Gasteiger partial charge >= 0.3 is 0 Å². The number of hydrogen-bond donors (Lipinski definition) is 0. The van der Waals surface area contributed by atoms with Gasteiger partial charge in [-0.2, -0.15) is 0 Å². The number of carbonyl (C=O) groups excluding carboxylic acids is 1. The SMILES string of the molecule is C=C[C@H]1C[C@H]2C[C@H](c3ccccc3)C[C@]1(S(=O)(=O)c1ccccc1)C2=O. The summed E-state index contributed by atoms with van der Waals surface area (Å²) in [6, 6.07) is 18.4. The number of carbonyl (C=O) groups is 1. The lowest BCUT2D eigenvalue weighted by molar-refractivity contribution is -0.125. The third kappa shape index (κ3) is 2.32. The van der Waals surface area contributed by atoms with Crippen LogP contribution in [0.3, 0.4) is 0 Å². The zero-order valence-corrected chi connectivity index (χ0v) is 15.4. The first kappa shape index (κ1) is 17.2. The minimum absolute atomic E-state index is 0.0716. The number of Topliss-reactive ketones (excluding diaryl/α,β-unsaturated/α-hetero) is 1. The van der Waals surface area contributed by atoms with Gasteiger partial charge in [-0.15, -0.1) is 6.58 Å². The minimum Gasteiger partial charge on any atom is -0.298 e. The van der Waals surface area contributed by atoms with Crippen LogP contribution in [0.5, 0.6) is 0 Å². The van der Waals surface area contributed by atoms with Crippen LogP contribution in [0.2, 0.25) is 0 Å². The first-order valence-corrected chi connectivity index (χ1v) is 10.5. The summed E-state index contributed by atoms with van der Waals surface area (Å²) >= 11 is 0. The maximum atomic E-state index is 13.7. The fourth-order valence-electron chi connectivity index (χ4n) is 4.90. The second kappa shape index (κ2) is 6.20. The number of hydrogen-bond acceptors (Lipinski definition) is 3. The Morgan fingerprint density at radius 3 is 2.15 bits per heavy atom. The van der Waals surface area contributed by atoms with E-state index in [-0.39, 0.29) is 28.4 Å². The molecular weight excluding hydrogens is 344 g/mol. The number of benzene rings is 2. The van der Waals surface area contributed by atoms with Gasteiger partial charge in [0, 0.05) is 11.8 Å². The molecule has 2 aromatic carbocycles. The van der Waals surface area contributed by atoms with E-state index >= 15 is 0 Å². The topological polar surface area (TPSA) is 51.2 Å². The first-order chi connectivity index (χ1) is 12.5. The molecule has 134 valence electrons. The second-order valence-corrected chi connectivity index (χ2v) is 9.60. The van der Waals surface area contributed by atoms with Gasteiger partial charge in [-0.3, -0.25) is 4.79 Å². The fraction of sp³-hybridized carbons (Fsp3) is 0.318. The van der Waals surface area contributed by atoms with Crippen LogP contribution in [0.4, 0.5) is 0 Å². The summed E-state index contributed by atoms with van der Waals surface area (Å²) in [6.45, 7) is 3.87. The molecule has 2 bridgehead atoms. The quantitative estimate of drug-likeness (QED) is 0.763. The van der Waals surface area contributed by atoms with Crippen LogP contribution in [0.15, 0.2) is 78.2 Å². The van der Waals surface area contributed by atoms with Crippen molar-refractivity contribution in [1.29, 1.82) is 0 Å². The highest BCUT2D eigenvalue weighted by Gasteiger charge is 2.65. The van der Waals surface area contributed by atoms with Crippen LogP contribution < -0.4 is 0 Å². The van der Waals surface area contributed by atoms with Gasteiger partial charge in [0.15, 0.2) is 15.6 Å². The molecule has 0 unspecified atom stereocenters. The van der Waals surface area contributed by atoms with Gasteiger partial charge in [0.25, 0.3) is 0 Å². The first-order valence-electron chi connectivity index (χ1n) is 9.02. The summed E-state index contributed by atoms with van der Waals surface area (Å²) < 4.78 is 25.9. The average molecular weight is 366 g/mol. The van der Waals surface area contributed by atoms with Crippen molar-refractivity contribution in [3.63, 3.8) is 0 Å². The Kier molecular flexibility index (Phi) is 4.11. The van der Waals surface area contributed by atoms with E-state index in [1.165, 1.54) is 0 Å². The molecule has 2 aliphatic carbocycles. The molecule has 0 radical (unpaired) electrons. The predicted molar refractivity (Wildman–Crippen MR) is 102 cm³/mol. The highest BCUT2D eigenvalue weighted by Crippen LogP contribution is 2.56. The Balaban J connectivity index is 1.87. The zero-order chi connectivity index (χ0) is 18.4. The molecule has 0 amide bonds. The maximum absolute atomic E-state index is 13.7. The summed E-state index contributed by atoms with van der Waals surface area (Å²) in [5.74, 6) is -0.588. The van der Waals surface area contributed by atoms with Gasteiger partial charge in [-0.05, 0) is 42.9 Å². The standard InChI is InChI=1S/C22H22O3S/c1-2-19-14-17-13-18(16-9-5-3-6-10-16)15-22(19,21(17)23)26(24,25)20-11-7-4-8-12-20/h2-12,17-19H,1,13-15H2/t17-,18+,19+,22-/m1/s1. The minimum atomic E-state index is -3.80. The van der Waals surface area contributed by atoms with Crippen molar-refractivity contribution >= 4 is 15.6 Å². The van der Waals surface area contributed by atoms with Crippen LogP contribution in [0.25, 0.3) is 0 Å². The van der Waals surface area contributed by atoms with Crippen molar-refractivity contribution in [2.24, 2.45) is 11.8 Å². The van der Waals surface area contributed by atoms with E-state index in [9.17, 15) is 13.2 Å². The molecule has 3 nitrogen and oxygen atoms in total. The van der Waals surface area contributed by atoms with Crippen molar-refractivity contribution in [3.8, 4) is 0 Å². The molecule has 4 atom stereocenters. The average Bonchev–Trinajstić information content (AvgIpc) is 2.84. The van der Waals surface area contributed by atoms with Gasteiger partial charge < -0.3 is 0 Å². The second-order valence-electron chi connectivity index (χ2n) is 7.39. The lowest BCUT2D eigenvalue weighted by atomic mass is 9.75. The number of ketones is 1. The van der Waals surface area contributed by atoms with Gasteiger partial charge in [-0.1, -0.05) is 54.6 Å². The molecule has 0 N–H and O–H groups in total. The van der Waals surface area contributed by atoms with Crippen molar-refractivity contribution in [1.82, 2.24) is 0 Å². The lowest BCUT2D eigenvalue weighted by Crippen LogP contribution is -2.51. The molecule has 0 aromatic heterocycles. The van der Waals surface area contributed by atoms with E-state index in [4.69, 9.17) is 0 Å². The van der Waals surface area contributed by atoms with E-state index in [1.807, 2.05) is 30.3 Å². The third-order valence-corrected chi connectivity index (χ3v) is 8.65. The van der Waals surface area contributed by atoms with Crippen molar-refractivity contribution < 1.29 is 13.2 Å². The van der Waals surface area contributed by atoms with Crippen LogP contribution in [0, 0.1) is 11.8 Å². The zero-order valence-electron chi connectivity index (χ0n) is 14.5. The van der Waals surface area contributed by atoms with Gasteiger partial charge in [-0.25, -0.2) is 8.42 Å². The Morgan fingerprint density at radius 2 is 1.54 bits per heavy atom. The van der Waals surface area contributed by atoms with E-state index in [0.29, 0.717) is 12.8 Å². The van der Waals surface area contributed by atoms with Crippen LogP contribution in [0.1, 0.15) is 30.7 Å². The van der Waals surface area contributed by atoms with E-state index in [0.717, 1.165) is 12.0 Å². The largest absolute Gasteiger partial charge is 0.298 e. The van der Waals surface area contributed by atoms with Crippen LogP contribution in [-0.4, -0.2) is 18.9 Å². The fourth-order valence-corrected chi connectivity index (χ4v) is 7.28. The Hall–Kier alpha value is -2.20. The van der Waals surface area contributed by atoms with Gasteiger partial charge in [0.1, 0.15) is 4.75 Å². The van der Waals surface area contributed by atoms with Gasteiger partial charge in [0.05, 0.1) is 4.90 Å². The van der Waals surface area contributed by atoms with Crippen LogP contribution in [-0.2, 0) is 14.6 Å². The third-order valence-electron chi connectivity index (χ3n) is 6.13. The molecule has 2 saturated carbocycles. The summed E-state index contributed by atoms with van der Waals surface area (Å²) in [5, 5.41) is 0. The smallest absolute Gasteiger partial charge is 0.191 e. The molecule has 0 spiro atoms. The van der Waals surface area contributed by atoms with Crippen molar-refractivity contribution in [2.45, 2.75) is 34.8 Å². The van der Waals surface area contributed by atoms with E-state index < -0.39 is 14.6 Å². The normalized spacial score (nSPS) is 30.9. The molecule has 0 aliphatic heterocycles. The molecule has 0 saturated heterocycles. The monoisotopic (exact) mass is 366 g/mol. The Morgan fingerprint density at radius 1 is 0.923 bits per heavy atom. The number of sulfone groups is 1. The van der Waals surface area contributed by atoms with Gasteiger partial charge in [0.2, 0.25) is 0 Å². The van der Waals surface area contributed by atoms with Crippen molar-refractivity contribution in [2.75, 3.05) is 0 Å². The molecule has 2 fully saturated rings. The van der Waals surface area contributed by atoms with Crippen LogP contribution >= 0.6 is 0 Å². The predicted octanol–water partition coefficient (Wildman–Crippen LogP) is 4.17. The van der Waals surface area contributed by atoms with E-state index in [2.05, 4.69) is 6.58 Å².